The summed E-state index contributed by atoms with van der Waals surface area (Å²) in [4.78, 5) is 0. The van der Waals surface area contributed by atoms with Gasteiger partial charge in [-0.25, -0.2) is 8.78 Å². The van der Waals surface area contributed by atoms with E-state index in [9.17, 15) is 35.1 Å². The molecule has 0 amide bonds. The number of nitrogens with zero attached hydrogens (tertiary/aromatic N) is 2. The number of hydrogen-bond acceptors (Lipinski definition) is 3. The Bertz CT molecular complexity index is 1100. The van der Waals surface area contributed by atoms with E-state index in [0.717, 1.165) is 22.9 Å². The van der Waals surface area contributed by atoms with Gasteiger partial charge < -0.3 is 4.74 Å². The molecule has 170 valence electrons. The molecular formula is C21H14F8N2O. The van der Waals surface area contributed by atoms with Crippen LogP contribution in [-0.2, 0) is 11.3 Å². The predicted octanol–water partition coefficient (Wildman–Crippen LogP) is 7.90. The molecule has 11 heteroatoms. The largest absolute Gasteiger partial charge is 0.426 e. The monoisotopic (exact) mass is 462 g/mol. The summed E-state index contributed by atoms with van der Waals surface area (Å²) in [5.74, 6) is -12.7. The van der Waals surface area contributed by atoms with E-state index >= 15 is 0 Å². The zero-order valence-corrected chi connectivity index (χ0v) is 16.0. The Morgan fingerprint density at radius 3 is 1.91 bits per heavy atom. The minimum atomic E-state index is -6.41. The summed E-state index contributed by atoms with van der Waals surface area (Å²) in [6.45, 7) is -1.23. The van der Waals surface area contributed by atoms with Crippen molar-refractivity contribution in [3.05, 3.63) is 72.3 Å². The number of benzene rings is 3. The molecule has 0 bridgehead atoms. The first-order valence-corrected chi connectivity index (χ1v) is 8.99. The molecule has 32 heavy (non-hydrogen) atoms. The quantitative estimate of drug-likeness (QED) is 0.248. The summed E-state index contributed by atoms with van der Waals surface area (Å²) in [5.41, 5.74) is 0.715. The van der Waals surface area contributed by atoms with Crippen LogP contribution in [0.3, 0.4) is 0 Å². The molecule has 3 aromatic carbocycles. The Hall–Kier alpha value is -3.08. The van der Waals surface area contributed by atoms with Crippen molar-refractivity contribution in [1.29, 1.82) is 0 Å². The lowest BCUT2D eigenvalue weighted by Gasteiger charge is -2.31. The third-order valence-corrected chi connectivity index (χ3v) is 4.43. The highest BCUT2D eigenvalue weighted by Gasteiger charge is 2.76. The fourth-order valence-electron chi connectivity index (χ4n) is 2.61. The maximum Gasteiger partial charge on any atom is 0.426 e. The highest BCUT2D eigenvalue weighted by Crippen LogP contribution is 2.49. The molecule has 0 aliphatic rings. The molecule has 0 saturated heterocycles. The number of hydrogen-bond donors (Lipinski definition) is 0. The second-order valence-corrected chi connectivity index (χ2v) is 6.70. The molecule has 0 saturated carbocycles. The molecular weight excluding hydrogens is 448 g/mol. The minimum Gasteiger partial charge on any atom is -0.311 e. The van der Waals surface area contributed by atoms with Crippen molar-refractivity contribution < 1.29 is 39.9 Å². The van der Waals surface area contributed by atoms with E-state index in [0.29, 0.717) is 5.69 Å². The zero-order valence-electron chi connectivity index (χ0n) is 16.0. The molecule has 0 N–H and O–H groups in total. The van der Waals surface area contributed by atoms with Crippen LogP contribution < -0.4 is 0 Å². The number of azo groups is 1. The molecule has 0 fully saturated rings. The molecule has 0 heterocycles. The van der Waals surface area contributed by atoms with Crippen molar-refractivity contribution in [2.75, 3.05) is 0 Å². The molecule has 0 aliphatic carbocycles. The number of alkyl halides is 8. The lowest BCUT2D eigenvalue weighted by Crippen LogP contribution is -2.58. The summed E-state index contributed by atoms with van der Waals surface area (Å²) in [7, 11) is 0. The maximum absolute atomic E-state index is 13.4. The summed E-state index contributed by atoms with van der Waals surface area (Å²) in [6.07, 6.45) is -10.8. The lowest BCUT2D eigenvalue weighted by atomic mass is 10.1. The van der Waals surface area contributed by atoms with Gasteiger partial charge in [0.05, 0.1) is 18.0 Å². The van der Waals surface area contributed by atoms with Crippen LogP contribution in [-0.4, -0.2) is 24.4 Å². The Morgan fingerprint density at radius 1 is 0.719 bits per heavy atom. The molecule has 3 aromatic rings. The van der Waals surface area contributed by atoms with Crippen molar-refractivity contribution in [1.82, 2.24) is 0 Å². The number of ether oxygens (including phenoxy) is 1. The number of fused-ring (bicyclic) bond motifs is 1. The van der Waals surface area contributed by atoms with Gasteiger partial charge in [0.15, 0.2) is 0 Å². The Morgan fingerprint density at radius 2 is 1.28 bits per heavy atom. The molecule has 0 spiro atoms. The molecule has 3 nitrogen and oxygen atoms in total. The topological polar surface area (TPSA) is 34.0 Å². The second kappa shape index (κ2) is 8.81. The minimum absolute atomic E-state index is 0.106. The van der Waals surface area contributed by atoms with Gasteiger partial charge >= 0.3 is 24.4 Å². The smallest absolute Gasteiger partial charge is 0.311 e. The van der Waals surface area contributed by atoms with Crippen LogP contribution in [0.2, 0.25) is 0 Å². The average molecular weight is 462 g/mol. The standard InChI is InChI=1S/C21H14F8N2O/c22-18(23)19(24,25)20(26,27)21(28,29)32-12-13-5-8-16(9-6-13)30-31-17-10-7-14-3-1-2-4-15(14)11-17/h1-11,18H,12H2. The van der Waals surface area contributed by atoms with Gasteiger partial charge in [-0.05, 0) is 40.6 Å². The van der Waals surface area contributed by atoms with Crippen LogP contribution >= 0.6 is 0 Å². The normalized spacial score (nSPS) is 13.4. The Balaban J connectivity index is 1.65. The molecule has 0 atom stereocenters. The lowest BCUT2D eigenvalue weighted by molar-refractivity contribution is -0.415. The van der Waals surface area contributed by atoms with Crippen LogP contribution in [0, 0.1) is 0 Å². The van der Waals surface area contributed by atoms with Crippen molar-refractivity contribution in [3.63, 3.8) is 0 Å². The van der Waals surface area contributed by atoms with Crippen molar-refractivity contribution in [3.8, 4) is 0 Å². The SMILES string of the molecule is FC(F)C(F)(F)C(F)(F)C(F)(F)OCc1ccc(N=Nc2ccc3ccccc3c2)cc1. The summed E-state index contributed by atoms with van der Waals surface area (Å²) in [5, 5.41) is 9.94. The molecule has 0 aliphatic heterocycles. The van der Waals surface area contributed by atoms with Crippen molar-refractivity contribution in [2.45, 2.75) is 31.0 Å². The van der Waals surface area contributed by atoms with Gasteiger partial charge in [-0.1, -0.05) is 42.5 Å². The highest BCUT2D eigenvalue weighted by atomic mass is 19.4. The van der Waals surface area contributed by atoms with E-state index in [1.54, 1.807) is 12.1 Å². The maximum atomic E-state index is 13.4. The van der Waals surface area contributed by atoms with Gasteiger partial charge in [-0.15, -0.1) is 0 Å². The van der Waals surface area contributed by atoms with Crippen LogP contribution in [0.25, 0.3) is 10.8 Å². The van der Waals surface area contributed by atoms with E-state index in [1.165, 1.54) is 12.1 Å². The molecule has 3 rings (SSSR count). The van der Waals surface area contributed by atoms with E-state index in [1.807, 2.05) is 30.3 Å². The number of halogens is 8. The number of rotatable bonds is 8. The Kier molecular flexibility index (Phi) is 6.49. The van der Waals surface area contributed by atoms with Gasteiger partial charge in [0.1, 0.15) is 0 Å². The van der Waals surface area contributed by atoms with E-state index < -0.39 is 31.0 Å². The Labute approximate surface area is 176 Å². The van der Waals surface area contributed by atoms with Gasteiger partial charge in [-0.2, -0.15) is 36.6 Å². The van der Waals surface area contributed by atoms with E-state index in [2.05, 4.69) is 15.0 Å². The second-order valence-electron chi connectivity index (χ2n) is 6.70. The average Bonchev–Trinajstić information content (AvgIpc) is 2.76. The first kappa shape index (κ1) is 23.6. The summed E-state index contributed by atoms with van der Waals surface area (Å²) < 4.78 is 107. The summed E-state index contributed by atoms with van der Waals surface area (Å²) >= 11 is 0. The third-order valence-electron chi connectivity index (χ3n) is 4.43. The van der Waals surface area contributed by atoms with E-state index in [4.69, 9.17) is 0 Å². The van der Waals surface area contributed by atoms with Crippen LogP contribution in [0.15, 0.2) is 77.0 Å². The summed E-state index contributed by atoms with van der Waals surface area (Å²) in [6, 6.07) is 17.8. The van der Waals surface area contributed by atoms with Crippen LogP contribution in [0.1, 0.15) is 5.56 Å². The van der Waals surface area contributed by atoms with Gasteiger partial charge in [0.2, 0.25) is 0 Å². The van der Waals surface area contributed by atoms with Gasteiger partial charge in [-0.3, -0.25) is 0 Å². The molecule has 0 aromatic heterocycles. The highest BCUT2D eigenvalue weighted by molar-refractivity contribution is 5.85. The molecule has 0 radical (unpaired) electrons. The van der Waals surface area contributed by atoms with Crippen LogP contribution in [0.4, 0.5) is 46.5 Å². The first-order chi connectivity index (χ1) is 14.9. The zero-order chi connectivity index (χ0) is 23.6. The van der Waals surface area contributed by atoms with Crippen molar-refractivity contribution in [2.24, 2.45) is 10.2 Å². The van der Waals surface area contributed by atoms with Gasteiger partial charge in [0.25, 0.3) is 0 Å². The fraction of sp³-hybridized carbons (Fsp3) is 0.238. The fourth-order valence-corrected chi connectivity index (χ4v) is 2.61. The van der Waals surface area contributed by atoms with Crippen LogP contribution in [0.5, 0.6) is 0 Å². The molecule has 0 unspecified atom stereocenters. The predicted molar refractivity (Wildman–Crippen MR) is 100 cm³/mol. The van der Waals surface area contributed by atoms with Gasteiger partial charge in [0, 0.05) is 0 Å². The third kappa shape index (κ3) is 4.72. The van der Waals surface area contributed by atoms with Crippen molar-refractivity contribution >= 4 is 22.1 Å². The van der Waals surface area contributed by atoms with E-state index in [-0.39, 0.29) is 11.3 Å². The first-order valence-electron chi connectivity index (χ1n) is 8.99.